The van der Waals surface area contributed by atoms with Gasteiger partial charge in [0.2, 0.25) is 11.8 Å². The molecule has 0 aromatic carbocycles. The maximum atomic E-state index is 11.7. The maximum absolute atomic E-state index is 11.7. The number of amides is 2. The molecule has 1 heterocycles. The first-order chi connectivity index (χ1) is 7.99. The second kappa shape index (κ2) is 6.34. The second-order valence-corrected chi connectivity index (χ2v) is 4.36. The van der Waals surface area contributed by atoms with Gasteiger partial charge in [0.25, 0.3) is 0 Å². The van der Waals surface area contributed by atoms with Gasteiger partial charge in [-0.15, -0.1) is 0 Å². The molecule has 0 spiro atoms. The normalized spacial score (nSPS) is 17.6. The summed E-state index contributed by atoms with van der Waals surface area (Å²) >= 11 is 0. The van der Waals surface area contributed by atoms with Crippen molar-refractivity contribution in [3.8, 4) is 0 Å². The number of carbonyl (C=O) groups is 3. The van der Waals surface area contributed by atoms with Crippen molar-refractivity contribution in [1.29, 1.82) is 0 Å². The molecule has 1 saturated heterocycles. The summed E-state index contributed by atoms with van der Waals surface area (Å²) in [5.74, 6) is -0.597. The Hall–Kier alpha value is -1.43. The van der Waals surface area contributed by atoms with Gasteiger partial charge in [0.15, 0.2) is 0 Å². The van der Waals surface area contributed by atoms with Crippen LogP contribution in [0.1, 0.15) is 19.8 Å². The molecule has 0 aromatic rings. The van der Waals surface area contributed by atoms with Gasteiger partial charge in [-0.1, -0.05) is 0 Å². The minimum atomic E-state index is -0.353. The van der Waals surface area contributed by atoms with Crippen molar-refractivity contribution in [3.05, 3.63) is 0 Å². The highest BCUT2D eigenvalue weighted by Gasteiger charge is 2.20. The van der Waals surface area contributed by atoms with Crippen molar-refractivity contribution in [2.45, 2.75) is 19.8 Å². The lowest BCUT2D eigenvalue weighted by Crippen LogP contribution is -2.38. The smallest absolute Gasteiger partial charge is 0.231 e. The third-order valence-corrected chi connectivity index (χ3v) is 2.72. The van der Waals surface area contributed by atoms with Crippen molar-refractivity contribution in [1.82, 2.24) is 9.80 Å². The zero-order valence-corrected chi connectivity index (χ0v) is 10.1. The standard InChI is InChI=1S/C11H19N3O3/c1-9(15)7-11(17)14-4-2-3-13(5-6-14)8-10(12)16/h2-8H2,1H3,(H2,12,16). The van der Waals surface area contributed by atoms with Crippen molar-refractivity contribution >= 4 is 17.6 Å². The summed E-state index contributed by atoms with van der Waals surface area (Å²) in [6.45, 7) is 4.23. The quantitative estimate of drug-likeness (QED) is 0.639. The molecule has 0 unspecified atom stereocenters. The van der Waals surface area contributed by atoms with Gasteiger partial charge in [-0.2, -0.15) is 0 Å². The van der Waals surface area contributed by atoms with Crippen LogP contribution in [-0.4, -0.2) is 60.1 Å². The molecule has 0 atom stereocenters. The number of ketones is 1. The molecule has 17 heavy (non-hydrogen) atoms. The Morgan fingerprint density at radius 2 is 1.82 bits per heavy atom. The van der Waals surface area contributed by atoms with Gasteiger partial charge in [-0.25, -0.2) is 0 Å². The SMILES string of the molecule is CC(=O)CC(=O)N1CCCN(CC(N)=O)CC1. The Morgan fingerprint density at radius 1 is 1.12 bits per heavy atom. The fraction of sp³-hybridized carbons (Fsp3) is 0.727. The van der Waals surface area contributed by atoms with Crippen molar-refractivity contribution < 1.29 is 14.4 Å². The monoisotopic (exact) mass is 241 g/mol. The van der Waals surface area contributed by atoms with Crippen LogP contribution >= 0.6 is 0 Å². The largest absolute Gasteiger partial charge is 0.369 e. The van der Waals surface area contributed by atoms with E-state index in [9.17, 15) is 14.4 Å². The highest BCUT2D eigenvalue weighted by atomic mass is 16.2. The van der Waals surface area contributed by atoms with E-state index >= 15 is 0 Å². The van der Waals surface area contributed by atoms with E-state index in [4.69, 9.17) is 5.73 Å². The number of rotatable bonds is 4. The van der Waals surface area contributed by atoms with Gasteiger partial charge in [-0.3, -0.25) is 19.3 Å². The first kappa shape index (κ1) is 13.6. The third kappa shape index (κ3) is 4.95. The van der Waals surface area contributed by atoms with E-state index in [0.717, 1.165) is 13.0 Å². The predicted molar refractivity (Wildman–Crippen MR) is 62.1 cm³/mol. The lowest BCUT2D eigenvalue weighted by Gasteiger charge is -2.20. The Bertz CT molecular complexity index is 317. The molecule has 0 saturated carbocycles. The van der Waals surface area contributed by atoms with Crippen molar-refractivity contribution in [3.63, 3.8) is 0 Å². The molecule has 96 valence electrons. The van der Waals surface area contributed by atoms with E-state index in [1.807, 2.05) is 4.90 Å². The topological polar surface area (TPSA) is 83.7 Å². The van der Waals surface area contributed by atoms with Crippen molar-refractivity contribution in [2.24, 2.45) is 5.73 Å². The average molecular weight is 241 g/mol. The molecule has 6 nitrogen and oxygen atoms in total. The van der Waals surface area contributed by atoms with E-state index in [1.165, 1.54) is 6.92 Å². The molecule has 1 rings (SSSR count). The molecule has 6 heteroatoms. The molecule has 1 fully saturated rings. The molecule has 2 amide bonds. The summed E-state index contributed by atoms with van der Waals surface area (Å²) < 4.78 is 0. The third-order valence-electron chi connectivity index (χ3n) is 2.72. The summed E-state index contributed by atoms with van der Waals surface area (Å²) in [5.41, 5.74) is 5.13. The van der Waals surface area contributed by atoms with Gasteiger partial charge in [0, 0.05) is 26.2 Å². The molecule has 1 aliphatic rings. The Morgan fingerprint density at radius 3 is 2.41 bits per heavy atom. The van der Waals surface area contributed by atoms with Crippen LogP contribution in [0.3, 0.4) is 0 Å². The Balaban J connectivity index is 2.44. The highest BCUT2D eigenvalue weighted by molar-refractivity contribution is 5.96. The fourth-order valence-corrected chi connectivity index (χ4v) is 1.92. The van der Waals surface area contributed by atoms with Crippen LogP contribution in [0, 0.1) is 0 Å². The summed E-state index contributed by atoms with van der Waals surface area (Å²) in [6, 6.07) is 0. The molecular weight excluding hydrogens is 222 g/mol. The first-order valence-corrected chi connectivity index (χ1v) is 5.77. The van der Waals surface area contributed by atoms with Gasteiger partial charge in [-0.05, 0) is 13.3 Å². The van der Waals surface area contributed by atoms with Crippen LogP contribution in [0.5, 0.6) is 0 Å². The van der Waals surface area contributed by atoms with Crippen LogP contribution in [0.2, 0.25) is 0 Å². The van der Waals surface area contributed by atoms with Gasteiger partial charge in [0.05, 0.1) is 13.0 Å². The summed E-state index contributed by atoms with van der Waals surface area (Å²) in [6.07, 6.45) is 0.771. The van der Waals surface area contributed by atoms with E-state index in [2.05, 4.69) is 0 Å². The number of hydrogen-bond acceptors (Lipinski definition) is 4. The molecule has 2 N–H and O–H groups in total. The number of nitrogens with zero attached hydrogens (tertiary/aromatic N) is 2. The molecule has 0 bridgehead atoms. The number of carbonyl (C=O) groups excluding carboxylic acids is 3. The van der Waals surface area contributed by atoms with E-state index in [-0.39, 0.29) is 30.6 Å². The summed E-state index contributed by atoms with van der Waals surface area (Å²) in [4.78, 5) is 37.0. The minimum Gasteiger partial charge on any atom is -0.369 e. The van der Waals surface area contributed by atoms with Crippen LogP contribution in [0.25, 0.3) is 0 Å². The number of primary amides is 1. The Kier molecular flexibility index (Phi) is 5.09. The second-order valence-electron chi connectivity index (χ2n) is 4.36. The fourth-order valence-electron chi connectivity index (χ4n) is 1.92. The van der Waals surface area contributed by atoms with Gasteiger partial charge >= 0.3 is 0 Å². The number of hydrogen-bond donors (Lipinski definition) is 1. The number of nitrogens with two attached hydrogens (primary N) is 1. The average Bonchev–Trinajstić information content (AvgIpc) is 2.41. The molecular formula is C11H19N3O3. The van der Waals surface area contributed by atoms with Gasteiger partial charge in [0.1, 0.15) is 5.78 Å². The van der Waals surface area contributed by atoms with Crippen molar-refractivity contribution in [2.75, 3.05) is 32.7 Å². The zero-order chi connectivity index (χ0) is 12.8. The predicted octanol–water partition coefficient (Wildman–Crippen LogP) is -1.01. The molecule has 1 aliphatic heterocycles. The van der Waals surface area contributed by atoms with Crippen LogP contribution in [-0.2, 0) is 14.4 Å². The summed E-state index contributed by atoms with van der Waals surface area (Å²) in [7, 11) is 0. The van der Waals surface area contributed by atoms with E-state index < -0.39 is 0 Å². The summed E-state index contributed by atoms with van der Waals surface area (Å²) in [5, 5.41) is 0. The first-order valence-electron chi connectivity index (χ1n) is 5.77. The lowest BCUT2D eigenvalue weighted by molar-refractivity contribution is -0.134. The van der Waals surface area contributed by atoms with E-state index in [0.29, 0.717) is 19.6 Å². The van der Waals surface area contributed by atoms with Gasteiger partial charge < -0.3 is 10.6 Å². The minimum absolute atomic E-state index is 0.0319. The number of Topliss-reactive ketones (excluding diaryl/α,β-unsaturated/α-hetero) is 1. The zero-order valence-electron chi connectivity index (χ0n) is 10.1. The van der Waals surface area contributed by atoms with E-state index in [1.54, 1.807) is 4.90 Å². The lowest BCUT2D eigenvalue weighted by atomic mass is 10.2. The maximum Gasteiger partial charge on any atom is 0.231 e. The molecule has 0 radical (unpaired) electrons. The Labute approximate surface area is 101 Å². The molecule has 0 aliphatic carbocycles. The van der Waals surface area contributed by atoms with Crippen LogP contribution in [0.15, 0.2) is 0 Å². The molecule has 0 aromatic heterocycles. The van der Waals surface area contributed by atoms with Crippen LogP contribution in [0.4, 0.5) is 0 Å². The van der Waals surface area contributed by atoms with Crippen LogP contribution < -0.4 is 5.73 Å². The highest BCUT2D eigenvalue weighted by Crippen LogP contribution is 2.04.